The molecule has 0 fully saturated rings. The fourth-order valence-electron chi connectivity index (χ4n) is 3.54. The maximum atomic E-state index is 13.4. The van der Waals surface area contributed by atoms with Gasteiger partial charge in [-0.25, -0.2) is 4.98 Å². The predicted molar refractivity (Wildman–Crippen MR) is 137 cm³/mol. The van der Waals surface area contributed by atoms with Gasteiger partial charge in [0.2, 0.25) is 5.82 Å². The van der Waals surface area contributed by atoms with E-state index in [1.807, 2.05) is 55.5 Å². The van der Waals surface area contributed by atoms with Crippen LogP contribution in [0.2, 0.25) is 0 Å². The highest BCUT2D eigenvalue weighted by Crippen LogP contribution is 2.34. The van der Waals surface area contributed by atoms with Crippen LogP contribution in [-0.4, -0.2) is 22.5 Å². The zero-order valence-corrected chi connectivity index (χ0v) is 20.6. The van der Waals surface area contributed by atoms with E-state index in [4.69, 9.17) is 14.1 Å². The molecule has 2 heterocycles. The number of furan rings is 1. The van der Waals surface area contributed by atoms with E-state index in [9.17, 15) is 4.79 Å². The van der Waals surface area contributed by atoms with Gasteiger partial charge in [-0.2, -0.15) is 9.78 Å². The number of fused-ring (bicyclic) bond motifs is 2. The Labute approximate surface area is 205 Å². The molecule has 0 radical (unpaired) electrons. The Balaban J connectivity index is 1.68. The molecule has 8 heteroatoms. The van der Waals surface area contributed by atoms with Crippen molar-refractivity contribution in [2.45, 2.75) is 6.92 Å². The van der Waals surface area contributed by atoms with Crippen LogP contribution in [0.4, 0.5) is 0 Å². The number of ether oxygens (including phenoxy) is 1. The van der Waals surface area contributed by atoms with E-state index in [1.165, 1.54) is 4.68 Å². The molecule has 3 aromatic carbocycles. The monoisotopic (exact) mass is 565 g/mol. The van der Waals surface area contributed by atoms with Crippen LogP contribution in [0.25, 0.3) is 33.5 Å². The zero-order valence-electron chi connectivity index (χ0n) is 17.5. The Hall–Kier alpha value is -3.23. The summed E-state index contributed by atoms with van der Waals surface area (Å²) < 4.78 is 14.5. The molecule has 0 aliphatic heterocycles. The summed E-state index contributed by atoms with van der Waals surface area (Å²) in [7, 11) is 0. The lowest BCUT2D eigenvalue weighted by Gasteiger charge is -2.10. The second kappa shape index (κ2) is 8.96. The number of para-hydroxylation sites is 2. The molecule has 0 N–H and O–H groups in total. The van der Waals surface area contributed by atoms with Gasteiger partial charge in [-0.15, -0.1) is 0 Å². The second-order valence-corrected chi connectivity index (χ2v) is 8.92. The first-order valence-corrected chi connectivity index (χ1v) is 11.8. The van der Waals surface area contributed by atoms with Crippen LogP contribution in [-0.2, 0) is 0 Å². The van der Waals surface area contributed by atoms with Crippen LogP contribution in [0.5, 0.6) is 5.75 Å². The first-order valence-electron chi connectivity index (χ1n) is 10.2. The van der Waals surface area contributed by atoms with Gasteiger partial charge in [-0.1, -0.05) is 30.3 Å². The zero-order chi connectivity index (χ0) is 22.9. The molecule has 0 amide bonds. The minimum Gasteiger partial charge on any atom is -0.492 e. The first-order chi connectivity index (χ1) is 16.0. The van der Waals surface area contributed by atoms with Crippen LogP contribution < -0.4 is 10.3 Å². The lowest BCUT2D eigenvalue weighted by molar-refractivity contribution is 0.336. The Morgan fingerprint density at radius 3 is 2.55 bits per heavy atom. The van der Waals surface area contributed by atoms with E-state index >= 15 is 0 Å². The third kappa shape index (κ3) is 4.12. The topological polar surface area (TPSA) is 69.6 Å². The van der Waals surface area contributed by atoms with E-state index in [0.717, 1.165) is 19.9 Å². The average molecular weight is 567 g/mol. The van der Waals surface area contributed by atoms with Gasteiger partial charge in [0.1, 0.15) is 11.3 Å². The van der Waals surface area contributed by atoms with Gasteiger partial charge < -0.3 is 9.15 Å². The molecule has 0 bridgehead atoms. The number of aromatic nitrogens is 2. The number of hydrogen-bond acceptors (Lipinski definition) is 5. The lowest BCUT2D eigenvalue weighted by atomic mass is 10.2. The molecule has 0 saturated carbocycles. The van der Waals surface area contributed by atoms with Crippen molar-refractivity contribution in [2.24, 2.45) is 5.10 Å². The van der Waals surface area contributed by atoms with Crippen LogP contribution in [0.3, 0.4) is 0 Å². The van der Waals surface area contributed by atoms with Crippen molar-refractivity contribution >= 4 is 59.9 Å². The minimum atomic E-state index is -0.281. The summed E-state index contributed by atoms with van der Waals surface area (Å²) in [4.78, 5) is 18.1. The van der Waals surface area contributed by atoms with Crippen molar-refractivity contribution in [2.75, 3.05) is 6.61 Å². The van der Waals surface area contributed by atoms with Crippen molar-refractivity contribution in [1.29, 1.82) is 0 Å². The van der Waals surface area contributed by atoms with E-state index < -0.39 is 0 Å². The summed E-state index contributed by atoms with van der Waals surface area (Å²) in [5.74, 6) is 1.50. The summed E-state index contributed by atoms with van der Waals surface area (Å²) in [6, 6.07) is 20.5. The quantitative estimate of drug-likeness (QED) is 0.224. The summed E-state index contributed by atoms with van der Waals surface area (Å²) in [6.45, 7) is 2.47. The second-order valence-electron chi connectivity index (χ2n) is 7.21. The van der Waals surface area contributed by atoms with Gasteiger partial charge >= 0.3 is 0 Å². The molecular formula is C25H17Br2N3O3. The smallest absolute Gasteiger partial charge is 0.282 e. The average Bonchev–Trinajstić information content (AvgIpc) is 3.25. The molecule has 0 spiro atoms. The molecule has 5 rings (SSSR count). The standard InChI is InChI=1S/C25H17Br2N3O3/c1-2-32-23-18(26)11-15(12-19(23)27)14-28-30-24(22-13-16-7-3-6-10-21(16)33-22)29-20-9-5-4-8-17(20)25(30)31/h3-14H,2H2,1H3. The minimum absolute atomic E-state index is 0.281. The van der Waals surface area contributed by atoms with Gasteiger partial charge in [0.05, 0.1) is 32.7 Å². The largest absolute Gasteiger partial charge is 0.492 e. The number of nitrogens with zero attached hydrogens (tertiary/aromatic N) is 3. The Morgan fingerprint density at radius 2 is 1.79 bits per heavy atom. The van der Waals surface area contributed by atoms with E-state index in [-0.39, 0.29) is 5.56 Å². The normalized spacial score (nSPS) is 11.6. The number of hydrogen-bond donors (Lipinski definition) is 0. The molecule has 0 unspecified atom stereocenters. The molecule has 33 heavy (non-hydrogen) atoms. The highest BCUT2D eigenvalue weighted by molar-refractivity contribution is 9.11. The maximum Gasteiger partial charge on any atom is 0.282 e. The van der Waals surface area contributed by atoms with E-state index in [1.54, 1.807) is 24.4 Å². The van der Waals surface area contributed by atoms with Crippen molar-refractivity contribution in [3.8, 4) is 17.3 Å². The number of rotatable bonds is 5. The summed E-state index contributed by atoms with van der Waals surface area (Å²) >= 11 is 7.06. The van der Waals surface area contributed by atoms with E-state index in [2.05, 4.69) is 37.0 Å². The Morgan fingerprint density at radius 1 is 1.06 bits per heavy atom. The molecule has 2 aromatic heterocycles. The van der Waals surface area contributed by atoms with Crippen molar-refractivity contribution in [3.63, 3.8) is 0 Å². The molecule has 164 valence electrons. The molecule has 6 nitrogen and oxygen atoms in total. The molecule has 0 aliphatic rings. The third-order valence-corrected chi connectivity index (χ3v) is 6.21. The number of benzene rings is 3. The fraction of sp³-hybridized carbons (Fsp3) is 0.0800. The third-order valence-electron chi connectivity index (χ3n) is 5.03. The fourth-order valence-corrected chi connectivity index (χ4v) is 4.99. The van der Waals surface area contributed by atoms with Crippen molar-refractivity contribution < 1.29 is 9.15 Å². The van der Waals surface area contributed by atoms with Gasteiger partial charge in [-0.05, 0) is 80.7 Å². The Bertz CT molecular complexity index is 1530. The summed E-state index contributed by atoms with van der Waals surface area (Å²) in [6.07, 6.45) is 1.61. The van der Waals surface area contributed by atoms with Gasteiger partial charge in [0, 0.05) is 5.39 Å². The van der Waals surface area contributed by atoms with Crippen molar-refractivity contribution in [1.82, 2.24) is 9.66 Å². The van der Waals surface area contributed by atoms with Gasteiger partial charge in [0.15, 0.2) is 5.76 Å². The van der Waals surface area contributed by atoms with Crippen molar-refractivity contribution in [3.05, 3.63) is 91.6 Å². The van der Waals surface area contributed by atoms with Crippen LogP contribution in [0.15, 0.2) is 90.0 Å². The Kier molecular flexibility index (Phi) is 5.86. The summed E-state index contributed by atoms with van der Waals surface area (Å²) in [5, 5.41) is 5.90. The molecule has 0 saturated heterocycles. The van der Waals surface area contributed by atoms with Gasteiger partial charge in [0.25, 0.3) is 5.56 Å². The molecular weight excluding hydrogens is 550 g/mol. The first kappa shape index (κ1) is 21.6. The predicted octanol–water partition coefficient (Wildman–Crippen LogP) is 6.62. The number of halogens is 2. The highest BCUT2D eigenvalue weighted by Gasteiger charge is 2.16. The van der Waals surface area contributed by atoms with Gasteiger partial charge in [-0.3, -0.25) is 4.79 Å². The highest BCUT2D eigenvalue weighted by atomic mass is 79.9. The summed E-state index contributed by atoms with van der Waals surface area (Å²) in [5.41, 5.74) is 1.78. The van der Waals surface area contributed by atoms with Crippen LogP contribution in [0, 0.1) is 0 Å². The van der Waals surface area contributed by atoms with E-state index in [0.29, 0.717) is 40.4 Å². The molecule has 0 atom stereocenters. The maximum absolute atomic E-state index is 13.4. The molecule has 0 aliphatic carbocycles. The lowest BCUT2D eigenvalue weighted by Crippen LogP contribution is -2.20. The van der Waals surface area contributed by atoms with Crippen LogP contribution in [0.1, 0.15) is 12.5 Å². The SMILES string of the molecule is CCOc1c(Br)cc(C=Nn2c(-c3cc4ccccc4o3)nc3ccccc3c2=O)cc1Br. The molecule has 5 aromatic rings. The van der Waals surface area contributed by atoms with Crippen LogP contribution >= 0.6 is 31.9 Å².